The highest BCUT2D eigenvalue weighted by Gasteiger charge is 2.07. The Bertz CT molecular complexity index is 515. The predicted octanol–water partition coefficient (Wildman–Crippen LogP) is 2.04. The number of rotatable bonds is 4. The molecule has 2 N–H and O–H groups in total. The molecule has 0 aliphatic heterocycles. The lowest BCUT2D eigenvalue weighted by atomic mass is 10.1. The molecule has 0 fully saturated rings. The number of ether oxygens (including phenoxy) is 1. The van der Waals surface area contributed by atoms with Crippen LogP contribution in [0.2, 0.25) is 0 Å². The summed E-state index contributed by atoms with van der Waals surface area (Å²) < 4.78 is 5.54. The van der Waals surface area contributed by atoms with Crippen molar-refractivity contribution in [3.63, 3.8) is 0 Å². The fourth-order valence-corrected chi connectivity index (χ4v) is 1.68. The molecule has 2 rings (SSSR count). The maximum atomic E-state index is 11.6. The molecule has 0 saturated carbocycles. The van der Waals surface area contributed by atoms with Crippen molar-refractivity contribution in [2.45, 2.75) is 13.8 Å². The average Bonchev–Trinajstić information content (AvgIpc) is 2.81. The van der Waals surface area contributed by atoms with E-state index in [2.05, 4.69) is 15.5 Å². The van der Waals surface area contributed by atoms with Crippen molar-refractivity contribution in [2.24, 2.45) is 0 Å². The van der Waals surface area contributed by atoms with E-state index in [9.17, 15) is 4.79 Å². The maximum Gasteiger partial charge on any atom is 0.262 e. The van der Waals surface area contributed by atoms with Crippen molar-refractivity contribution < 1.29 is 9.53 Å². The van der Waals surface area contributed by atoms with Gasteiger partial charge in [-0.25, -0.2) is 0 Å². The topological polar surface area (TPSA) is 67.0 Å². The highest BCUT2D eigenvalue weighted by molar-refractivity contribution is 5.91. The highest BCUT2D eigenvalue weighted by atomic mass is 16.5. The Morgan fingerprint density at radius 1 is 1.39 bits per heavy atom. The lowest BCUT2D eigenvalue weighted by Gasteiger charge is -2.11. The number of amides is 1. The number of anilines is 1. The first-order chi connectivity index (χ1) is 8.66. The summed E-state index contributed by atoms with van der Waals surface area (Å²) in [7, 11) is 0. The molecule has 0 spiro atoms. The van der Waals surface area contributed by atoms with E-state index in [4.69, 9.17) is 4.74 Å². The van der Waals surface area contributed by atoms with Crippen LogP contribution in [0.3, 0.4) is 0 Å². The van der Waals surface area contributed by atoms with Gasteiger partial charge in [0.15, 0.2) is 6.61 Å². The number of carbonyl (C=O) groups is 1. The Labute approximate surface area is 105 Å². The first kappa shape index (κ1) is 12.2. The summed E-state index contributed by atoms with van der Waals surface area (Å²) in [5, 5.41) is 9.04. The van der Waals surface area contributed by atoms with E-state index in [0.29, 0.717) is 5.69 Å². The van der Waals surface area contributed by atoms with E-state index >= 15 is 0 Å². The molecule has 5 nitrogen and oxygen atoms in total. The molecule has 0 atom stereocenters. The minimum atomic E-state index is -0.209. The summed E-state index contributed by atoms with van der Waals surface area (Å²) >= 11 is 0. The maximum absolute atomic E-state index is 11.6. The Balaban J connectivity index is 1.93. The number of aromatic amines is 1. The Morgan fingerprint density at radius 3 is 2.72 bits per heavy atom. The highest BCUT2D eigenvalue weighted by Crippen LogP contribution is 2.22. The zero-order valence-corrected chi connectivity index (χ0v) is 10.4. The summed E-state index contributed by atoms with van der Waals surface area (Å²) in [6, 6.07) is 5.87. The second-order valence-electron chi connectivity index (χ2n) is 4.04. The molecule has 2 aromatic rings. The molecule has 18 heavy (non-hydrogen) atoms. The lowest BCUT2D eigenvalue weighted by Crippen LogP contribution is -2.20. The number of H-pyrrole nitrogens is 1. The van der Waals surface area contributed by atoms with Crippen LogP contribution in [-0.4, -0.2) is 22.7 Å². The van der Waals surface area contributed by atoms with Gasteiger partial charge < -0.3 is 10.1 Å². The van der Waals surface area contributed by atoms with E-state index in [1.54, 1.807) is 6.20 Å². The number of hydrogen-bond acceptors (Lipinski definition) is 3. The Kier molecular flexibility index (Phi) is 3.62. The van der Waals surface area contributed by atoms with Gasteiger partial charge in [-0.05, 0) is 25.0 Å². The van der Waals surface area contributed by atoms with Crippen LogP contribution >= 0.6 is 0 Å². The summed E-state index contributed by atoms with van der Waals surface area (Å²) in [4.78, 5) is 11.6. The Hall–Kier alpha value is -2.30. The monoisotopic (exact) mass is 245 g/mol. The molecule has 0 saturated heterocycles. The third-order valence-electron chi connectivity index (χ3n) is 2.54. The van der Waals surface area contributed by atoms with Crippen LogP contribution in [0.15, 0.2) is 30.6 Å². The number of aromatic nitrogens is 2. The molecule has 0 radical (unpaired) electrons. The van der Waals surface area contributed by atoms with E-state index < -0.39 is 0 Å². The summed E-state index contributed by atoms with van der Waals surface area (Å²) in [6.45, 7) is 3.89. The quantitative estimate of drug-likeness (QED) is 0.866. The van der Waals surface area contributed by atoms with Gasteiger partial charge in [0.2, 0.25) is 0 Å². The molecule has 1 aromatic carbocycles. The SMILES string of the molecule is Cc1cccc(C)c1OCC(=O)Nc1cn[nH]c1. The molecule has 0 unspecified atom stereocenters. The number of hydrogen-bond donors (Lipinski definition) is 2. The molecule has 0 aliphatic rings. The van der Waals surface area contributed by atoms with Gasteiger partial charge in [-0.2, -0.15) is 5.10 Å². The molecule has 0 aliphatic carbocycles. The number of nitrogens with zero attached hydrogens (tertiary/aromatic N) is 1. The molecule has 0 bridgehead atoms. The summed E-state index contributed by atoms with van der Waals surface area (Å²) in [6.07, 6.45) is 3.15. The lowest BCUT2D eigenvalue weighted by molar-refractivity contribution is -0.118. The van der Waals surface area contributed by atoms with Crippen molar-refractivity contribution in [3.8, 4) is 5.75 Å². The number of aryl methyl sites for hydroxylation is 2. The van der Waals surface area contributed by atoms with Crippen LogP contribution in [0, 0.1) is 13.8 Å². The molecule has 94 valence electrons. The second kappa shape index (κ2) is 5.35. The van der Waals surface area contributed by atoms with Gasteiger partial charge in [0.25, 0.3) is 5.91 Å². The van der Waals surface area contributed by atoms with Gasteiger partial charge in [0, 0.05) is 6.20 Å². The van der Waals surface area contributed by atoms with Crippen LogP contribution in [0.4, 0.5) is 5.69 Å². The molecule has 1 amide bonds. The van der Waals surface area contributed by atoms with Gasteiger partial charge >= 0.3 is 0 Å². The van der Waals surface area contributed by atoms with Crippen molar-refractivity contribution in [1.82, 2.24) is 10.2 Å². The fraction of sp³-hybridized carbons (Fsp3) is 0.231. The first-order valence-corrected chi connectivity index (χ1v) is 5.64. The van der Waals surface area contributed by atoms with E-state index in [-0.39, 0.29) is 12.5 Å². The first-order valence-electron chi connectivity index (χ1n) is 5.64. The number of nitrogens with one attached hydrogen (secondary N) is 2. The largest absolute Gasteiger partial charge is 0.483 e. The van der Waals surface area contributed by atoms with E-state index in [1.165, 1.54) is 6.20 Å². The number of benzene rings is 1. The Morgan fingerprint density at radius 2 is 2.11 bits per heavy atom. The average molecular weight is 245 g/mol. The predicted molar refractivity (Wildman–Crippen MR) is 68.6 cm³/mol. The van der Waals surface area contributed by atoms with Crippen LogP contribution < -0.4 is 10.1 Å². The van der Waals surface area contributed by atoms with Crippen molar-refractivity contribution in [2.75, 3.05) is 11.9 Å². The van der Waals surface area contributed by atoms with Crippen LogP contribution in [-0.2, 0) is 4.79 Å². The minimum Gasteiger partial charge on any atom is -0.483 e. The second-order valence-corrected chi connectivity index (χ2v) is 4.04. The van der Waals surface area contributed by atoms with Gasteiger partial charge in [-0.1, -0.05) is 18.2 Å². The van der Waals surface area contributed by atoms with Crippen molar-refractivity contribution in [3.05, 3.63) is 41.7 Å². The summed E-state index contributed by atoms with van der Waals surface area (Å²) in [5.74, 6) is 0.555. The third-order valence-corrected chi connectivity index (χ3v) is 2.54. The molecule has 1 heterocycles. The normalized spacial score (nSPS) is 10.1. The summed E-state index contributed by atoms with van der Waals surface area (Å²) in [5.41, 5.74) is 2.67. The van der Waals surface area contributed by atoms with Crippen LogP contribution in [0.25, 0.3) is 0 Å². The van der Waals surface area contributed by atoms with Gasteiger partial charge in [0.1, 0.15) is 5.75 Å². The van der Waals surface area contributed by atoms with Gasteiger partial charge in [0.05, 0.1) is 11.9 Å². The van der Waals surface area contributed by atoms with E-state index in [1.807, 2.05) is 32.0 Å². The molecular weight excluding hydrogens is 230 g/mol. The molecule has 5 heteroatoms. The van der Waals surface area contributed by atoms with Crippen molar-refractivity contribution >= 4 is 11.6 Å². The zero-order valence-electron chi connectivity index (χ0n) is 10.4. The number of carbonyl (C=O) groups excluding carboxylic acids is 1. The van der Waals surface area contributed by atoms with Gasteiger partial charge in [-0.3, -0.25) is 9.89 Å². The van der Waals surface area contributed by atoms with Gasteiger partial charge in [-0.15, -0.1) is 0 Å². The molecule has 1 aromatic heterocycles. The minimum absolute atomic E-state index is 0.0170. The van der Waals surface area contributed by atoms with Crippen LogP contribution in [0.5, 0.6) is 5.75 Å². The van der Waals surface area contributed by atoms with E-state index in [0.717, 1.165) is 16.9 Å². The van der Waals surface area contributed by atoms with Crippen molar-refractivity contribution in [1.29, 1.82) is 0 Å². The number of para-hydroxylation sites is 1. The van der Waals surface area contributed by atoms with Crippen LogP contribution in [0.1, 0.15) is 11.1 Å². The molecular formula is C13H15N3O2. The standard InChI is InChI=1S/C13H15N3O2/c1-9-4-3-5-10(2)13(9)18-8-12(17)16-11-6-14-15-7-11/h3-7H,8H2,1-2H3,(H,14,15)(H,16,17). The fourth-order valence-electron chi connectivity index (χ4n) is 1.68. The zero-order chi connectivity index (χ0) is 13.0. The third kappa shape index (κ3) is 2.88. The smallest absolute Gasteiger partial charge is 0.262 e.